The van der Waals surface area contributed by atoms with E-state index in [1.807, 2.05) is 62.4 Å². The zero-order valence-corrected chi connectivity index (χ0v) is 11.9. The molecule has 0 fully saturated rings. The lowest BCUT2D eigenvalue weighted by Crippen LogP contribution is -2.09. The van der Waals surface area contributed by atoms with Crippen LogP contribution in [0.1, 0.15) is 34.0 Å². The molecule has 2 aromatic carbocycles. The highest BCUT2D eigenvalue weighted by Crippen LogP contribution is 2.16. The fraction of sp³-hybridized carbons (Fsp3) is 0.176. The smallest absolute Gasteiger partial charge is 0.193 e. The molecule has 0 saturated heterocycles. The van der Waals surface area contributed by atoms with Gasteiger partial charge in [-0.1, -0.05) is 59.3 Å². The molecule has 102 valence electrons. The summed E-state index contributed by atoms with van der Waals surface area (Å²) in [7, 11) is 1.49. The summed E-state index contributed by atoms with van der Waals surface area (Å²) in [5, 5.41) is 3.91. The van der Waals surface area contributed by atoms with E-state index in [-0.39, 0.29) is 5.78 Å². The number of hydrogen-bond donors (Lipinski definition) is 0. The van der Waals surface area contributed by atoms with Crippen LogP contribution >= 0.6 is 0 Å². The summed E-state index contributed by atoms with van der Waals surface area (Å²) >= 11 is 0. The van der Waals surface area contributed by atoms with Gasteiger partial charge in [-0.25, -0.2) is 0 Å². The Morgan fingerprint density at radius 1 is 1.00 bits per heavy atom. The van der Waals surface area contributed by atoms with Crippen molar-refractivity contribution in [2.45, 2.75) is 13.8 Å². The van der Waals surface area contributed by atoms with Crippen molar-refractivity contribution < 1.29 is 9.63 Å². The second-order valence-electron chi connectivity index (χ2n) is 4.60. The monoisotopic (exact) mass is 267 g/mol. The van der Waals surface area contributed by atoms with Crippen LogP contribution in [-0.2, 0) is 4.84 Å². The molecule has 20 heavy (non-hydrogen) atoms. The van der Waals surface area contributed by atoms with E-state index in [4.69, 9.17) is 4.84 Å². The molecule has 0 aliphatic rings. The van der Waals surface area contributed by atoms with E-state index in [2.05, 4.69) is 5.16 Å². The predicted molar refractivity (Wildman–Crippen MR) is 80.3 cm³/mol. The molecule has 0 aliphatic heterocycles. The normalized spacial score (nSPS) is 11.2. The van der Waals surface area contributed by atoms with Gasteiger partial charge in [0.05, 0.1) is 5.71 Å². The number of carbonyl (C=O) groups is 1. The van der Waals surface area contributed by atoms with Crippen molar-refractivity contribution in [2.75, 3.05) is 7.11 Å². The molecular weight excluding hydrogens is 250 g/mol. The molecule has 2 rings (SSSR count). The SMILES string of the molecule is CO/N=C(/C)c1ccccc1C(=O)c1ccc(C)cc1. The summed E-state index contributed by atoms with van der Waals surface area (Å²) < 4.78 is 0. The summed E-state index contributed by atoms with van der Waals surface area (Å²) in [6, 6.07) is 15.0. The number of nitrogens with zero attached hydrogens (tertiary/aromatic N) is 1. The fourth-order valence-corrected chi connectivity index (χ4v) is 2.04. The van der Waals surface area contributed by atoms with Crippen LogP contribution in [0.15, 0.2) is 53.7 Å². The Labute approximate surface area is 118 Å². The topological polar surface area (TPSA) is 38.7 Å². The standard InChI is InChI=1S/C17H17NO2/c1-12-8-10-14(11-9-12)17(19)16-7-5-4-6-15(16)13(2)18-20-3/h4-11H,1-3H3/b18-13-. The zero-order valence-electron chi connectivity index (χ0n) is 11.9. The van der Waals surface area contributed by atoms with E-state index in [9.17, 15) is 4.79 Å². The number of hydrogen-bond acceptors (Lipinski definition) is 3. The minimum Gasteiger partial charge on any atom is -0.399 e. The summed E-state index contributed by atoms with van der Waals surface area (Å²) in [5.41, 5.74) is 3.92. The highest BCUT2D eigenvalue weighted by atomic mass is 16.6. The molecule has 0 atom stereocenters. The third-order valence-electron chi connectivity index (χ3n) is 3.10. The fourth-order valence-electron chi connectivity index (χ4n) is 2.04. The van der Waals surface area contributed by atoms with Gasteiger partial charge in [-0.05, 0) is 13.8 Å². The molecular formula is C17H17NO2. The maximum atomic E-state index is 12.6. The molecule has 0 N–H and O–H groups in total. The summed E-state index contributed by atoms with van der Waals surface area (Å²) in [5.74, 6) is -0.00810. The predicted octanol–water partition coefficient (Wildman–Crippen LogP) is 3.60. The Hall–Kier alpha value is -2.42. The third-order valence-corrected chi connectivity index (χ3v) is 3.10. The number of carbonyl (C=O) groups excluding carboxylic acids is 1. The van der Waals surface area contributed by atoms with Crippen LogP contribution in [0.2, 0.25) is 0 Å². The first-order valence-electron chi connectivity index (χ1n) is 6.42. The minimum absolute atomic E-state index is 0.00810. The third kappa shape index (κ3) is 2.94. The number of ketones is 1. The molecule has 0 aromatic heterocycles. The second-order valence-corrected chi connectivity index (χ2v) is 4.60. The molecule has 0 spiro atoms. The van der Waals surface area contributed by atoms with Crippen LogP contribution in [0.5, 0.6) is 0 Å². The van der Waals surface area contributed by atoms with Gasteiger partial charge in [-0.3, -0.25) is 4.79 Å². The van der Waals surface area contributed by atoms with E-state index in [0.717, 1.165) is 11.1 Å². The average Bonchev–Trinajstić information content (AvgIpc) is 2.47. The molecule has 0 heterocycles. The van der Waals surface area contributed by atoms with E-state index in [1.165, 1.54) is 7.11 Å². The van der Waals surface area contributed by atoms with Gasteiger partial charge in [0.1, 0.15) is 7.11 Å². The van der Waals surface area contributed by atoms with Crippen LogP contribution < -0.4 is 0 Å². The van der Waals surface area contributed by atoms with Crippen molar-refractivity contribution in [1.82, 2.24) is 0 Å². The van der Waals surface area contributed by atoms with Crippen LogP contribution in [0.25, 0.3) is 0 Å². The first-order chi connectivity index (χ1) is 9.63. The van der Waals surface area contributed by atoms with E-state index in [1.54, 1.807) is 0 Å². The van der Waals surface area contributed by atoms with Gasteiger partial charge >= 0.3 is 0 Å². The van der Waals surface area contributed by atoms with Gasteiger partial charge in [-0.15, -0.1) is 0 Å². The lowest BCUT2D eigenvalue weighted by Gasteiger charge is -2.08. The van der Waals surface area contributed by atoms with Gasteiger partial charge in [0, 0.05) is 16.7 Å². The van der Waals surface area contributed by atoms with Crippen molar-refractivity contribution in [3.8, 4) is 0 Å². The van der Waals surface area contributed by atoms with Crippen molar-refractivity contribution in [2.24, 2.45) is 5.16 Å². The van der Waals surface area contributed by atoms with Crippen LogP contribution in [-0.4, -0.2) is 18.6 Å². The van der Waals surface area contributed by atoms with E-state index in [0.29, 0.717) is 16.8 Å². The van der Waals surface area contributed by atoms with E-state index < -0.39 is 0 Å². The molecule has 2 aromatic rings. The average molecular weight is 267 g/mol. The first-order valence-corrected chi connectivity index (χ1v) is 6.42. The summed E-state index contributed by atoms with van der Waals surface area (Å²) in [6.45, 7) is 3.82. The maximum absolute atomic E-state index is 12.6. The summed E-state index contributed by atoms with van der Waals surface area (Å²) in [6.07, 6.45) is 0. The van der Waals surface area contributed by atoms with Crippen molar-refractivity contribution in [3.63, 3.8) is 0 Å². The minimum atomic E-state index is -0.00810. The highest BCUT2D eigenvalue weighted by molar-refractivity contribution is 6.16. The lowest BCUT2D eigenvalue weighted by molar-refractivity contribution is 0.103. The number of benzene rings is 2. The Morgan fingerprint density at radius 2 is 1.60 bits per heavy atom. The first kappa shape index (κ1) is 14.0. The molecule has 0 amide bonds. The Balaban J connectivity index is 2.45. The Morgan fingerprint density at radius 3 is 2.20 bits per heavy atom. The zero-order chi connectivity index (χ0) is 14.5. The van der Waals surface area contributed by atoms with Gasteiger partial charge < -0.3 is 4.84 Å². The van der Waals surface area contributed by atoms with Crippen LogP contribution in [0, 0.1) is 6.92 Å². The molecule has 0 saturated carbocycles. The quantitative estimate of drug-likeness (QED) is 0.482. The molecule has 3 heteroatoms. The Kier molecular flexibility index (Phi) is 4.31. The maximum Gasteiger partial charge on any atom is 0.193 e. The van der Waals surface area contributed by atoms with E-state index >= 15 is 0 Å². The van der Waals surface area contributed by atoms with Gasteiger partial charge in [0.15, 0.2) is 5.78 Å². The Bertz CT molecular complexity index is 642. The van der Waals surface area contributed by atoms with Crippen molar-refractivity contribution in [1.29, 1.82) is 0 Å². The number of rotatable bonds is 4. The van der Waals surface area contributed by atoms with Gasteiger partial charge in [-0.2, -0.15) is 0 Å². The lowest BCUT2D eigenvalue weighted by atomic mass is 9.96. The van der Waals surface area contributed by atoms with Crippen molar-refractivity contribution >= 4 is 11.5 Å². The highest BCUT2D eigenvalue weighted by Gasteiger charge is 2.14. The molecule has 3 nitrogen and oxygen atoms in total. The van der Waals surface area contributed by atoms with Crippen LogP contribution in [0.4, 0.5) is 0 Å². The van der Waals surface area contributed by atoms with Gasteiger partial charge in [0.2, 0.25) is 0 Å². The largest absolute Gasteiger partial charge is 0.399 e. The number of aryl methyl sites for hydroxylation is 1. The van der Waals surface area contributed by atoms with Crippen LogP contribution in [0.3, 0.4) is 0 Å². The van der Waals surface area contributed by atoms with Crippen molar-refractivity contribution in [3.05, 3.63) is 70.8 Å². The molecule has 0 unspecified atom stereocenters. The molecule has 0 aliphatic carbocycles. The summed E-state index contributed by atoms with van der Waals surface area (Å²) in [4.78, 5) is 17.4. The second kappa shape index (κ2) is 6.15. The molecule has 0 bridgehead atoms. The molecule has 0 radical (unpaired) electrons. The van der Waals surface area contributed by atoms with Gasteiger partial charge in [0.25, 0.3) is 0 Å². The number of oxime groups is 1.